The van der Waals surface area contributed by atoms with Crippen LogP contribution in [0.5, 0.6) is 0 Å². The van der Waals surface area contributed by atoms with Crippen molar-refractivity contribution in [2.75, 3.05) is 12.4 Å². The van der Waals surface area contributed by atoms with Crippen molar-refractivity contribution in [3.63, 3.8) is 0 Å². The molecule has 0 aliphatic carbocycles. The molecule has 7 nitrogen and oxygen atoms in total. The first-order chi connectivity index (χ1) is 14.1. The number of aromatic nitrogens is 3. The molecule has 2 atom stereocenters. The number of carbonyl (C=O) groups excluding carboxylic acids is 1. The van der Waals surface area contributed by atoms with Gasteiger partial charge in [0.25, 0.3) is 0 Å². The number of ether oxygens (including phenoxy) is 1. The molecule has 2 aromatic carbocycles. The van der Waals surface area contributed by atoms with Gasteiger partial charge < -0.3 is 10.1 Å². The number of nitrogens with one attached hydrogen (secondary N) is 2. The van der Waals surface area contributed by atoms with Crippen LogP contribution in [0.2, 0.25) is 0 Å². The second-order valence-corrected chi connectivity index (χ2v) is 8.15. The molecule has 1 fully saturated rings. The molecule has 2 N–H and O–H groups in total. The molecule has 2 heterocycles. The fraction of sp³-hybridized carbons (Fsp3) is 0.381. The van der Waals surface area contributed by atoms with Gasteiger partial charge >= 0.3 is 5.69 Å². The molecule has 1 aliphatic rings. The quantitative estimate of drug-likeness (QED) is 0.583. The second kappa shape index (κ2) is 8.84. The fourth-order valence-corrected chi connectivity index (χ4v) is 4.45. The topological polar surface area (TPSA) is 89.0 Å². The first-order valence-electron chi connectivity index (χ1n) is 9.78. The summed E-state index contributed by atoms with van der Waals surface area (Å²) in [6.45, 7) is 3.17. The van der Waals surface area contributed by atoms with E-state index in [0.29, 0.717) is 11.7 Å². The van der Waals surface area contributed by atoms with Crippen molar-refractivity contribution in [2.24, 2.45) is 0 Å². The van der Waals surface area contributed by atoms with Gasteiger partial charge in [-0.2, -0.15) is 0 Å². The number of hydrogen-bond acceptors (Lipinski definition) is 5. The third kappa shape index (κ3) is 4.54. The van der Waals surface area contributed by atoms with Crippen LogP contribution in [-0.2, 0) is 16.1 Å². The molecule has 152 valence electrons. The molecule has 0 saturated carbocycles. The summed E-state index contributed by atoms with van der Waals surface area (Å²) in [4.78, 5) is 24.6. The van der Waals surface area contributed by atoms with Crippen molar-refractivity contribution in [1.82, 2.24) is 20.1 Å². The van der Waals surface area contributed by atoms with E-state index in [1.54, 1.807) is 4.57 Å². The second-order valence-electron chi connectivity index (χ2n) is 7.20. The van der Waals surface area contributed by atoms with E-state index in [4.69, 9.17) is 4.74 Å². The third-order valence-electron chi connectivity index (χ3n) is 5.13. The Hall–Kier alpha value is -2.58. The highest BCUT2D eigenvalue weighted by molar-refractivity contribution is 7.99. The molecule has 1 amide bonds. The number of thioether (sulfide) groups is 1. The Morgan fingerprint density at radius 2 is 2.17 bits per heavy atom. The van der Waals surface area contributed by atoms with E-state index < -0.39 is 0 Å². The number of benzene rings is 2. The first-order valence-corrected chi connectivity index (χ1v) is 10.8. The predicted molar refractivity (Wildman–Crippen MR) is 113 cm³/mol. The van der Waals surface area contributed by atoms with Crippen LogP contribution in [0.25, 0.3) is 10.8 Å². The average molecular weight is 413 g/mol. The van der Waals surface area contributed by atoms with Crippen LogP contribution in [0.1, 0.15) is 31.4 Å². The molecular weight excluding hydrogens is 388 g/mol. The number of H-pyrrole nitrogens is 1. The van der Waals surface area contributed by atoms with Gasteiger partial charge in [-0.05, 0) is 36.1 Å². The zero-order chi connectivity index (χ0) is 20.2. The maximum atomic E-state index is 12.5. The molecular formula is C21H24N4O3S. The number of hydrogen-bond donors (Lipinski definition) is 2. The molecule has 4 rings (SSSR count). The number of rotatable bonds is 7. The maximum Gasteiger partial charge on any atom is 0.344 e. The van der Waals surface area contributed by atoms with E-state index in [0.717, 1.165) is 35.8 Å². The van der Waals surface area contributed by atoms with Gasteiger partial charge in [-0.15, -0.1) is 5.10 Å². The lowest BCUT2D eigenvalue weighted by Crippen LogP contribution is -2.29. The average Bonchev–Trinajstić information content (AvgIpc) is 3.37. The number of aromatic amines is 1. The van der Waals surface area contributed by atoms with Crippen LogP contribution >= 0.6 is 11.8 Å². The monoisotopic (exact) mass is 412 g/mol. The van der Waals surface area contributed by atoms with E-state index in [-0.39, 0.29) is 29.5 Å². The standard InChI is InChI=1S/C21H24N4O3S/c1-14(17-10-4-7-15-6-2-3-9-18(15)17)22-19(26)13-29-21-24-23-20(27)25(21)12-16-8-5-11-28-16/h2-4,6-7,9-10,14,16H,5,8,11-13H2,1H3,(H,22,26)(H,23,27)/t14-,16+/m1/s1. The Morgan fingerprint density at radius 3 is 3.00 bits per heavy atom. The van der Waals surface area contributed by atoms with Crippen LogP contribution in [0.3, 0.4) is 0 Å². The number of amides is 1. The Morgan fingerprint density at radius 1 is 1.34 bits per heavy atom. The summed E-state index contributed by atoms with van der Waals surface area (Å²) in [5, 5.41) is 12.4. The number of carbonyl (C=O) groups is 1. The number of fused-ring (bicyclic) bond motifs is 1. The van der Waals surface area contributed by atoms with E-state index in [2.05, 4.69) is 33.7 Å². The van der Waals surface area contributed by atoms with Crippen molar-refractivity contribution >= 4 is 28.4 Å². The Balaban J connectivity index is 1.38. The predicted octanol–water partition coefficient (Wildman–Crippen LogP) is 2.87. The zero-order valence-electron chi connectivity index (χ0n) is 16.3. The van der Waals surface area contributed by atoms with E-state index >= 15 is 0 Å². The molecule has 1 aromatic heterocycles. The van der Waals surface area contributed by atoms with Crippen molar-refractivity contribution < 1.29 is 9.53 Å². The highest BCUT2D eigenvalue weighted by atomic mass is 32.2. The van der Waals surface area contributed by atoms with E-state index in [9.17, 15) is 9.59 Å². The summed E-state index contributed by atoms with van der Waals surface area (Å²) in [6.07, 6.45) is 1.98. The van der Waals surface area contributed by atoms with Crippen LogP contribution in [0.15, 0.2) is 52.4 Å². The zero-order valence-corrected chi connectivity index (χ0v) is 17.1. The molecule has 0 radical (unpaired) electrons. The summed E-state index contributed by atoms with van der Waals surface area (Å²) in [7, 11) is 0. The first kappa shape index (κ1) is 19.7. The van der Waals surface area contributed by atoms with Gasteiger partial charge in [0.2, 0.25) is 5.91 Å². The molecule has 8 heteroatoms. The summed E-state index contributed by atoms with van der Waals surface area (Å²) in [5.74, 6) is 0.0832. The van der Waals surface area contributed by atoms with Gasteiger partial charge in [0, 0.05) is 6.61 Å². The molecule has 1 saturated heterocycles. The minimum absolute atomic E-state index is 0.0323. The Kier molecular flexibility index (Phi) is 6.01. The van der Waals surface area contributed by atoms with Crippen molar-refractivity contribution in [2.45, 2.75) is 43.6 Å². The SMILES string of the molecule is C[C@@H](NC(=O)CSc1n[nH]c(=O)n1C[C@@H]1CCCO1)c1cccc2ccccc12. The molecule has 1 aliphatic heterocycles. The molecule has 0 bridgehead atoms. The minimum atomic E-state index is -0.271. The van der Waals surface area contributed by atoms with Gasteiger partial charge in [-0.3, -0.25) is 9.36 Å². The number of nitrogens with zero attached hydrogens (tertiary/aromatic N) is 2. The Labute approximate surface area is 172 Å². The molecule has 3 aromatic rings. The van der Waals surface area contributed by atoms with Crippen molar-refractivity contribution in [3.05, 3.63) is 58.5 Å². The molecule has 0 spiro atoms. The molecule has 0 unspecified atom stereocenters. The van der Waals surface area contributed by atoms with E-state index in [1.165, 1.54) is 11.8 Å². The van der Waals surface area contributed by atoms with Gasteiger partial charge in [0.1, 0.15) is 0 Å². The van der Waals surface area contributed by atoms with Crippen molar-refractivity contribution in [3.8, 4) is 0 Å². The van der Waals surface area contributed by atoms with E-state index in [1.807, 2.05) is 31.2 Å². The maximum absolute atomic E-state index is 12.5. The molecule has 29 heavy (non-hydrogen) atoms. The highest BCUT2D eigenvalue weighted by Crippen LogP contribution is 2.24. The summed E-state index contributed by atoms with van der Waals surface area (Å²) < 4.78 is 7.17. The van der Waals surface area contributed by atoms with Gasteiger partial charge in [-0.25, -0.2) is 9.89 Å². The normalized spacial score (nSPS) is 17.5. The lowest BCUT2D eigenvalue weighted by Gasteiger charge is -2.16. The lowest BCUT2D eigenvalue weighted by molar-refractivity contribution is -0.119. The summed E-state index contributed by atoms with van der Waals surface area (Å²) in [6, 6.07) is 14.1. The van der Waals surface area contributed by atoms with Crippen molar-refractivity contribution in [1.29, 1.82) is 0 Å². The Bertz CT molecular complexity index is 1050. The summed E-state index contributed by atoms with van der Waals surface area (Å²) in [5.41, 5.74) is 0.809. The lowest BCUT2D eigenvalue weighted by atomic mass is 10.00. The summed E-state index contributed by atoms with van der Waals surface area (Å²) >= 11 is 1.25. The fourth-order valence-electron chi connectivity index (χ4n) is 3.69. The highest BCUT2D eigenvalue weighted by Gasteiger charge is 2.20. The van der Waals surface area contributed by atoms with Crippen LogP contribution < -0.4 is 11.0 Å². The van der Waals surface area contributed by atoms with Crippen LogP contribution in [-0.4, -0.2) is 39.1 Å². The largest absolute Gasteiger partial charge is 0.376 e. The van der Waals surface area contributed by atoms with Gasteiger partial charge in [-0.1, -0.05) is 54.2 Å². The van der Waals surface area contributed by atoms with Gasteiger partial charge in [0.15, 0.2) is 5.16 Å². The minimum Gasteiger partial charge on any atom is -0.376 e. The van der Waals surface area contributed by atoms with Crippen LogP contribution in [0, 0.1) is 0 Å². The van der Waals surface area contributed by atoms with Crippen LogP contribution in [0.4, 0.5) is 0 Å². The third-order valence-corrected chi connectivity index (χ3v) is 6.11. The smallest absolute Gasteiger partial charge is 0.344 e. The van der Waals surface area contributed by atoms with Gasteiger partial charge in [0.05, 0.1) is 24.4 Å².